The minimum Gasteiger partial charge on any atom is -0.384 e. The van der Waals surface area contributed by atoms with Crippen molar-refractivity contribution in [3.8, 4) is 0 Å². The summed E-state index contributed by atoms with van der Waals surface area (Å²) in [5.74, 6) is -0.119. The van der Waals surface area contributed by atoms with Crippen LogP contribution < -0.4 is 11.1 Å². The fourth-order valence-electron chi connectivity index (χ4n) is 1.28. The first-order valence-corrected chi connectivity index (χ1v) is 4.97. The zero-order valence-electron chi connectivity index (χ0n) is 8.24. The molecule has 1 aromatic carbocycles. The number of pyridine rings is 1. The molecular formula is C11H9ClFN3. The van der Waals surface area contributed by atoms with Crippen LogP contribution in [0.4, 0.5) is 21.6 Å². The molecule has 5 heteroatoms. The van der Waals surface area contributed by atoms with Crippen molar-refractivity contribution in [2.24, 2.45) is 0 Å². The number of nitrogens with two attached hydrogens (primary N) is 1. The maximum atomic E-state index is 13.5. The van der Waals surface area contributed by atoms with E-state index in [0.717, 1.165) is 0 Å². The van der Waals surface area contributed by atoms with Crippen LogP contribution in [0.5, 0.6) is 0 Å². The summed E-state index contributed by atoms with van der Waals surface area (Å²) in [4.78, 5) is 3.84. The lowest BCUT2D eigenvalue weighted by molar-refractivity contribution is 0.632. The number of rotatable bonds is 2. The van der Waals surface area contributed by atoms with Crippen molar-refractivity contribution < 1.29 is 4.39 Å². The molecule has 2 aromatic rings. The van der Waals surface area contributed by atoms with Crippen molar-refractivity contribution in [1.29, 1.82) is 0 Å². The van der Waals surface area contributed by atoms with Gasteiger partial charge in [-0.15, -0.1) is 0 Å². The summed E-state index contributed by atoms with van der Waals surface area (Å²) in [5, 5.41) is 2.95. The maximum Gasteiger partial charge on any atom is 0.165 e. The van der Waals surface area contributed by atoms with E-state index < -0.39 is 5.82 Å². The number of hydrogen-bond donors (Lipinski definition) is 2. The normalized spacial score (nSPS) is 10.1. The zero-order valence-corrected chi connectivity index (χ0v) is 9.00. The molecule has 16 heavy (non-hydrogen) atoms. The highest BCUT2D eigenvalue weighted by molar-refractivity contribution is 6.31. The summed E-state index contributed by atoms with van der Waals surface area (Å²) in [7, 11) is 0. The van der Waals surface area contributed by atoms with Gasteiger partial charge in [-0.1, -0.05) is 17.7 Å². The number of nitrogen functional groups attached to an aromatic ring is 1. The van der Waals surface area contributed by atoms with Crippen molar-refractivity contribution in [1.82, 2.24) is 4.98 Å². The highest BCUT2D eigenvalue weighted by Crippen LogP contribution is 2.25. The minimum absolute atomic E-state index is 0.0760. The van der Waals surface area contributed by atoms with Gasteiger partial charge in [0.15, 0.2) is 5.82 Å². The lowest BCUT2D eigenvalue weighted by atomic mass is 10.3. The Hall–Kier alpha value is -1.81. The van der Waals surface area contributed by atoms with Gasteiger partial charge in [0.05, 0.1) is 10.7 Å². The Morgan fingerprint density at radius 1 is 1.31 bits per heavy atom. The maximum absolute atomic E-state index is 13.5. The molecule has 3 N–H and O–H groups in total. The average molecular weight is 238 g/mol. The summed E-state index contributed by atoms with van der Waals surface area (Å²) >= 11 is 5.66. The van der Waals surface area contributed by atoms with Crippen LogP contribution in [0.25, 0.3) is 0 Å². The van der Waals surface area contributed by atoms with E-state index in [1.807, 2.05) is 0 Å². The van der Waals surface area contributed by atoms with Crippen molar-refractivity contribution in [3.63, 3.8) is 0 Å². The smallest absolute Gasteiger partial charge is 0.165 e. The van der Waals surface area contributed by atoms with E-state index >= 15 is 0 Å². The summed E-state index contributed by atoms with van der Waals surface area (Å²) in [6.45, 7) is 0. The third-order valence-electron chi connectivity index (χ3n) is 2.01. The van der Waals surface area contributed by atoms with E-state index in [-0.39, 0.29) is 5.02 Å². The zero-order chi connectivity index (χ0) is 11.5. The molecular weight excluding hydrogens is 229 g/mol. The number of halogens is 2. The van der Waals surface area contributed by atoms with Gasteiger partial charge < -0.3 is 11.1 Å². The Bertz CT molecular complexity index is 516. The number of hydrogen-bond acceptors (Lipinski definition) is 3. The topological polar surface area (TPSA) is 50.9 Å². The molecule has 82 valence electrons. The third-order valence-corrected chi connectivity index (χ3v) is 2.30. The van der Waals surface area contributed by atoms with Crippen molar-refractivity contribution in [2.75, 3.05) is 11.1 Å². The van der Waals surface area contributed by atoms with Crippen LogP contribution in [0, 0.1) is 5.82 Å². The summed E-state index contributed by atoms with van der Waals surface area (Å²) < 4.78 is 13.5. The number of nitrogens with one attached hydrogen (secondary N) is 1. The van der Waals surface area contributed by atoms with Gasteiger partial charge in [-0.3, -0.25) is 0 Å². The van der Waals surface area contributed by atoms with Crippen molar-refractivity contribution >= 4 is 28.8 Å². The predicted octanol–water partition coefficient (Wildman–Crippen LogP) is 3.20. The summed E-state index contributed by atoms with van der Waals surface area (Å²) in [5.41, 5.74) is 6.47. The van der Waals surface area contributed by atoms with Gasteiger partial charge in [0.25, 0.3) is 0 Å². The standard InChI is InChI=1S/C11H9ClFN3/c12-8-2-1-3-9(11(8)13)16-7-4-5-15-10(14)6-7/h1-6H,(H3,14,15,16). The molecule has 0 atom stereocenters. The summed E-state index contributed by atoms with van der Waals surface area (Å²) in [6, 6.07) is 8.05. The van der Waals surface area contributed by atoms with Gasteiger partial charge in [-0.25, -0.2) is 9.37 Å². The second kappa shape index (κ2) is 4.37. The highest BCUT2D eigenvalue weighted by atomic mass is 35.5. The number of anilines is 3. The number of nitrogens with zero attached hydrogens (tertiary/aromatic N) is 1. The van der Waals surface area contributed by atoms with Crippen LogP contribution in [0.3, 0.4) is 0 Å². The highest BCUT2D eigenvalue weighted by Gasteiger charge is 2.06. The van der Waals surface area contributed by atoms with Gasteiger partial charge >= 0.3 is 0 Å². The van der Waals surface area contributed by atoms with Gasteiger partial charge in [0.2, 0.25) is 0 Å². The van der Waals surface area contributed by atoms with Gasteiger partial charge in [-0.05, 0) is 18.2 Å². The minimum atomic E-state index is -0.487. The number of benzene rings is 1. The molecule has 0 amide bonds. The monoisotopic (exact) mass is 237 g/mol. The molecule has 1 aromatic heterocycles. The molecule has 2 rings (SSSR count). The van der Waals surface area contributed by atoms with E-state index in [0.29, 0.717) is 17.2 Å². The lowest BCUT2D eigenvalue weighted by Gasteiger charge is -2.08. The largest absolute Gasteiger partial charge is 0.384 e. The quantitative estimate of drug-likeness (QED) is 0.843. The van der Waals surface area contributed by atoms with Crippen LogP contribution in [0.1, 0.15) is 0 Å². The van der Waals surface area contributed by atoms with E-state index in [1.54, 1.807) is 30.5 Å². The molecule has 0 unspecified atom stereocenters. The van der Waals surface area contributed by atoms with E-state index in [9.17, 15) is 4.39 Å². The third kappa shape index (κ3) is 2.23. The number of aromatic nitrogens is 1. The van der Waals surface area contributed by atoms with Crippen LogP contribution in [-0.4, -0.2) is 4.98 Å². The van der Waals surface area contributed by atoms with Crippen molar-refractivity contribution in [3.05, 3.63) is 47.4 Å². The Kier molecular flexibility index (Phi) is 2.92. The van der Waals surface area contributed by atoms with E-state index in [1.165, 1.54) is 6.07 Å². The fraction of sp³-hybridized carbons (Fsp3) is 0. The second-order valence-electron chi connectivity index (χ2n) is 3.20. The fourth-order valence-corrected chi connectivity index (χ4v) is 1.46. The van der Waals surface area contributed by atoms with Crippen LogP contribution in [-0.2, 0) is 0 Å². The molecule has 0 saturated heterocycles. The first kappa shape index (κ1) is 10.7. The molecule has 0 radical (unpaired) electrons. The van der Waals surface area contributed by atoms with Gasteiger partial charge in [-0.2, -0.15) is 0 Å². The van der Waals surface area contributed by atoms with Crippen molar-refractivity contribution in [2.45, 2.75) is 0 Å². The molecule has 0 aliphatic rings. The van der Waals surface area contributed by atoms with Crippen LogP contribution >= 0.6 is 11.6 Å². The summed E-state index contributed by atoms with van der Waals surface area (Å²) in [6.07, 6.45) is 1.54. The van der Waals surface area contributed by atoms with E-state index in [2.05, 4.69) is 10.3 Å². The average Bonchev–Trinajstić information content (AvgIpc) is 2.25. The molecule has 0 bridgehead atoms. The molecule has 3 nitrogen and oxygen atoms in total. The SMILES string of the molecule is Nc1cc(Nc2cccc(Cl)c2F)ccn1. The Labute approximate surface area is 97.1 Å². The first-order chi connectivity index (χ1) is 7.66. The molecule has 0 aliphatic heterocycles. The molecule has 0 spiro atoms. The van der Waals surface area contributed by atoms with Crippen LogP contribution in [0.2, 0.25) is 5.02 Å². The Morgan fingerprint density at radius 2 is 2.12 bits per heavy atom. The Morgan fingerprint density at radius 3 is 2.88 bits per heavy atom. The van der Waals surface area contributed by atoms with Crippen LogP contribution in [0.15, 0.2) is 36.5 Å². The molecule has 1 heterocycles. The first-order valence-electron chi connectivity index (χ1n) is 4.59. The molecule has 0 saturated carbocycles. The second-order valence-corrected chi connectivity index (χ2v) is 3.60. The molecule has 0 fully saturated rings. The van der Waals surface area contributed by atoms with Gasteiger partial charge in [0, 0.05) is 18.0 Å². The molecule has 0 aliphatic carbocycles. The predicted molar refractivity (Wildman–Crippen MR) is 63.3 cm³/mol. The van der Waals surface area contributed by atoms with Gasteiger partial charge in [0.1, 0.15) is 5.82 Å². The lowest BCUT2D eigenvalue weighted by Crippen LogP contribution is -1.96. The van der Waals surface area contributed by atoms with E-state index in [4.69, 9.17) is 17.3 Å². The Balaban J connectivity index is 2.31.